The summed E-state index contributed by atoms with van der Waals surface area (Å²) < 4.78 is 10.3. The molecule has 1 aromatic rings. The number of guanidine groups is 1. The van der Waals surface area contributed by atoms with Crippen molar-refractivity contribution in [1.29, 1.82) is 0 Å². The fraction of sp³-hybridized carbons (Fsp3) is 0.600. The number of ether oxygens (including phenoxy) is 2. The van der Waals surface area contributed by atoms with Crippen LogP contribution in [-0.4, -0.2) is 56.7 Å². The Hall–Kier alpha value is -2.24. The summed E-state index contributed by atoms with van der Waals surface area (Å²) in [6.45, 7) is 7.60. The Kier molecular flexibility index (Phi) is 8.25. The molecular formula is C20H31N3O3. The Morgan fingerprint density at radius 1 is 1.23 bits per heavy atom. The Bertz CT molecular complexity index is 578. The second-order valence-corrected chi connectivity index (χ2v) is 6.35. The van der Waals surface area contributed by atoms with E-state index in [0.717, 1.165) is 57.2 Å². The summed E-state index contributed by atoms with van der Waals surface area (Å²) in [4.78, 5) is 18.9. The lowest BCUT2D eigenvalue weighted by Gasteiger charge is -2.33. The number of rotatable bonds is 7. The summed E-state index contributed by atoms with van der Waals surface area (Å²) in [7, 11) is 1.67. The first kappa shape index (κ1) is 20.1. The standard InChI is InChI=1S/C20H31N3O3/c1-4-21-20(22-13-10-16-6-8-18(25-3)9-7-16)23-14-11-17(12-15-23)19(24)26-5-2/h6-9,17H,4-5,10-15H2,1-3H3,(H,21,22). The summed E-state index contributed by atoms with van der Waals surface area (Å²) in [5.41, 5.74) is 1.24. The number of carbonyl (C=O) groups excluding carboxylic acids is 1. The lowest BCUT2D eigenvalue weighted by atomic mass is 9.97. The molecule has 0 aliphatic carbocycles. The molecule has 1 aliphatic heterocycles. The molecule has 1 heterocycles. The first-order valence-corrected chi connectivity index (χ1v) is 9.50. The molecule has 1 aliphatic rings. The van der Waals surface area contributed by atoms with E-state index in [4.69, 9.17) is 14.5 Å². The average molecular weight is 361 g/mol. The van der Waals surface area contributed by atoms with Gasteiger partial charge < -0.3 is 19.7 Å². The van der Waals surface area contributed by atoms with Gasteiger partial charge in [0.25, 0.3) is 0 Å². The molecule has 2 rings (SSSR count). The summed E-state index contributed by atoms with van der Waals surface area (Å²) in [6.07, 6.45) is 2.53. The molecule has 0 spiro atoms. The molecule has 26 heavy (non-hydrogen) atoms. The smallest absolute Gasteiger partial charge is 0.309 e. The summed E-state index contributed by atoms with van der Waals surface area (Å²) in [5.74, 6) is 1.76. The predicted octanol–water partition coefficient (Wildman–Crippen LogP) is 2.48. The van der Waals surface area contributed by atoms with E-state index >= 15 is 0 Å². The van der Waals surface area contributed by atoms with E-state index < -0.39 is 0 Å². The number of esters is 1. The van der Waals surface area contributed by atoms with Crippen molar-refractivity contribution >= 4 is 11.9 Å². The Morgan fingerprint density at radius 3 is 2.50 bits per heavy atom. The zero-order valence-corrected chi connectivity index (χ0v) is 16.2. The number of likely N-dealkylation sites (tertiary alicyclic amines) is 1. The highest BCUT2D eigenvalue weighted by molar-refractivity contribution is 5.80. The van der Waals surface area contributed by atoms with Crippen molar-refractivity contribution in [3.8, 4) is 5.75 Å². The molecular weight excluding hydrogens is 330 g/mol. The molecule has 0 radical (unpaired) electrons. The number of methoxy groups -OCH3 is 1. The second kappa shape index (κ2) is 10.7. The highest BCUT2D eigenvalue weighted by Crippen LogP contribution is 2.19. The molecule has 0 atom stereocenters. The minimum Gasteiger partial charge on any atom is -0.497 e. The third kappa shape index (κ3) is 5.93. The van der Waals surface area contributed by atoms with Crippen molar-refractivity contribution in [2.75, 3.05) is 39.9 Å². The predicted molar refractivity (Wildman–Crippen MR) is 104 cm³/mol. The van der Waals surface area contributed by atoms with E-state index in [2.05, 4.69) is 29.3 Å². The van der Waals surface area contributed by atoms with Gasteiger partial charge in [-0.3, -0.25) is 9.79 Å². The minimum atomic E-state index is -0.0615. The molecule has 1 saturated heterocycles. The van der Waals surface area contributed by atoms with Crippen LogP contribution in [0.2, 0.25) is 0 Å². The maximum atomic E-state index is 11.9. The van der Waals surface area contributed by atoms with Crippen LogP contribution in [0.3, 0.4) is 0 Å². The highest BCUT2D eigenvalue weighted by atomic mass is 16.5. The van der Waals surface area contributed by atoms with Gasteiger partial charge >= 0.3 is 5.97 Å². The summed E-state index contributed by atoms with van der Waals surface area (Å²) in [6, 6.07) is 8.10. The van der Waals surface area contributed by atoms with Crippen molar-refractivity contribution in [3.63, 3.8) is 0 Å². The number of nitrogens with zero attached hydrogens (tertiary/aromatic N) is 2. The van der Waals surface area contributed by atoms with E-state index in [0.29, 0.717) is 6.61 Å². The van der Waals surface area contributed by atoms with E-state index in [9.17, 15) is 4.79 Å². The van der Waals surface area contributed by atoms with Gasteiger partial charge in [0.05, 0.1) is 19.6 Å². The van der Waals surface area contributed by atoms with Gasteiger partial charge in [-0.05, 0) is 50.8 Å². The number of hydrogen-bond acceptors (Lipinski definition) is 4. The van der Waals surface area contributed by atoms with Crippen molar-refractivity contribution in [2.45, 2.75) is 33.1 Å². The lowest BCUT2D eigenvalue weighted by molar-refractivity contribution is -0.149. The molecule has 144 valence electrons. The van der Waals surface area contributed by atoms with Gasteiger partial charge in [-0.2, -0.15) is 0 Å². The van der Waals surface area contributed by atoms with Crippen LogP contribution in [0.25, 0.3) is 0 Å². The maximum Gasteiger partial charge on any atom is 0.309 e. The van der Waals surface area contributed by atoms with Gasteiger partial charge in [-0.15, -0.1) is 0 Å². The van der Waals surface area contributed by atoms with Gasteiger partial charge in [0.1, 0.15) is 5.75 Å². The highest BCUT2D eigenvalue weighted by Gasteiger charge is 2.27. The number of piperidine rings is 1. The Balaban J connectivity index is 1.87. The van der Waals surface area contributed by atoms with Crippen LogP contribution in [0.1, 0.15) is 32.3 Å². The number of benzene rings is 1. The molecule has 0 amide bonds. The van der Waals surface area contributed by atoms with Crippen LogP contribution in [-0.2, 0) is 16.0 Å². The van der Waals surface area contributed by atoms with Gasteiger partial charge in [0.2, 0.25) is 0 Å². The van der Waals surface area contributed by atoms with Gasteiger partial charge in [-0.1, -0.05) is 12.1 Å². The monoisotopic (exact) mass is 361 g/mol. The SMILES string of the molecule is CCNC(=NCCc1ccc(OC)cc1)N1CCC(C(=O)OCC)CC1. The largest absolute Gasteiger partial charge is 0.497 e. The third-order valence-electron chi connectivity index (χ3n) is 4.57. The summed E-state index contributed by atoms with van der Waals surface area (Å²) in [5, 5.41) is 3.37. The topological polar surface area (TPSA) is 63.2 Å². The summed E-state index contributed by atoms with van der Waals surface area (Å²) >= 11 is 0. The molecule has 0 unspecified atom stereocenters. The molecule has 0 bridgehead atoms. The van der Waals surface area contributed by atoms with Crippen molar-refractivity contribution in [2.24, 2.45) is 10.9 Å². The first-order valence-electron chi connectivity index (χ1n) is 9.50. The molecule has 6 nitrogen and oxygen atoms in total. The first-order chi connectivity index (χ1) is 12.7. The van der Waals surface area contributed by atoms with Crippen LogP contribution in [0, 0.1) is 5.92 Å². The van der Waals surface area contributed by atoms with Gasteiger partial charge in [0.15, 0.2) is 5.96 Å². The maximum absolute atomic E-state index is 11.9. The zero-order chi connectivity index (χ0) is 18.8. The van der Waals surface area contributed by atoms with Crippen molar-refractivity contribution < 1.29 is 14.3 Å². The molecule has 1 fully saturated rings. The van der Waals surface area contributed by atoms with Crippen LogP contribution in [0.5, 0.6) is 5.75 Å². The van der Waals surface area contributed by atoms with Gasteiger partial charge in [0, 0.05) is 26.2 Å². The Labute approximate surface area is 156 Å². The third-order valence-corrected chi connectivity index (χ3v) is 4.57. The molecule has 0 aromatic heterocycles. The second-order valence-electron chi connectivity index (χ2n) is 6.35. The fourth-order valence-corrected chi connectivity index (χ4v) is 3.10. The lowest BCUT2D eigenvalue weighted by Crippen LogP contribution is -2.46. The molecule has 1 N–H and O–H groups in total. The van der Waals surface area contributed by atoms with Crippen molar-refractivity contribution in [1.82, 2.24) is 10.2 Å². The van der Waals surface area contributed by atoms with E-state index in [-0.39, 0.29) is 11.9 Å². The number of nitrogens with one attached hydrogen (secondary N) is 1. The normalized spacial score (nSPS) is 15.7. The molecule has 1 aromatic carbocycles. The van der Waals surface area contributed by atoms with Crippen LogP contribution < -0.4 is 10.1 Å². The Morgan fingerprint density at radius 2 is 1.92 bits per heavy atom. The minimum absolute atomic E-state index is 0.0216. The average Bonchev–Trinajstić information content (AvgIpc) is 2.68. The zero-order valence-electron chi connectivity index (χ0n) is 16.2. The molecule has 6 heteroatoms. The van der Waals surface area contributed by atoms with E-state index in [1.807, 2.05) is 19.1 Å². The number of carbonyl (C=O) groups is 1. The fourth-order valence-electron chi connectivity index (χ4n) is 3.10. The van der Waals surface area contributed by atoms with E-state index in [1.165, 1.54) is 5.56 Å². The van der Waals surface area contributed by atoms with Crippen LogP contribution in [0.15, 0.2) is 29.3 Å². The molecule has 0 saturated carbocycles. The van der Waals surface area contributed by atoms with Crippen molar-refractivity contribution in [3.05, 3.63) is 29.8 Å². The number of aliphatic imine (C=N–C) groups is 1. The van der Waals surface area contributed by atoms with Crippen LogP contribution >= 0.6 is 0 Å². The van der Waals surface area contributed by atoms with Gasteiger partial charge in [-0.25, -0.2) is 0 Å². The number of hydrogen-bond donors (Lipinski definition) is 1. The quantitative estimate of drug-likeness (QED) is 0.459. The van der Waals surface area contributed by atoms with E-state index in [1.54, 1.807) is 7.11 Å². The van der Waals surface area contributed by atoms with Crippen LogP contribution in [0.4, 0.5) is 0 Å².